The number of rotatable bonds is 10. The van der Waals surface area contributed by atoms with Crippen LogP contribution in [0.4, 0.5) is 21.2 Å². The molecule has 8 rings (SSSR count). The molecule has 1 spiro atoms. The van der Waals surface area contributed by atoms with E-state index in [9.17, 15) is 19.5 Å². The summed E-state index contributed by atoms with van der Waals surface area (Å²) < 4.78 is 23.7. The van der Waals surface area contributed by atoms with Gasteiger partial charge in [-0.25, -0.2) is 0 Å². The van der Waals surface area contributed by atoms with Crippen molar-refractivity contribution < 1.29 is 33.1 Å². The Morgan fingerprint density at radius 2 is 1.56 bits per heavy atom. The first kappa shape index (κ1) is 39.4. The number of fused-ring (bicyclic) bond motifs is 3. The summed E-state index contributed by atoms with van der Waals surface area (Å²) in [6.45, 7) is 6.93. The van der Waals surface area contributed by atoms with Gasteiger partial charge in [-0.1, -0.05) is 43.3 Å². The number of hydrogen-bond acceptors (Lipinski definition) is 8. The van der Waals surface area contributed by atoms with Crippen molar-refractivity contribution in [2.75, 3.05) is 35.2 Å². The van der Waals surface area contributed by atoms with E-state index in [2.05, 4.69) is 21.3 Å². The lowest BCUT2D eigenvalue weighted by Gasteiger charge is -2.37. The fourth-order valence-corrected chi connectivity index (χ4v) is 12.5. The Morgan fingerprint density at radius 3 is 2.18 bits per heavy atom. The number of carbonyl (C=O) groups is 4. The molecule has 5 heterocycles. The van der Waals surface area contributed by atoms with Gasteiger partial charge in [0.15, 0.2) is 5.60 Å². The second-order valence-electron chi connectivity index (χ2n) is 16.9. The van der Waals surface area contributed by atoms with E-state index in [4.69, 9.17) is 4.74 Å². The molecule has 0 saturated carbocycles. The number of aliphatic hydroxyl groups excluding tert-OH is 1. The minimum absolute atomic E-state index is 0.0799. The number of ether oxygens (including phenoxy) is 1. The Labute approximate surface area is 334 Å². The molecule has 5 aliphatic rings. The number of anilines is 3. The summed E-state index contributed by atoms with van der Waals surface area (Å²) in [4.78, 5) is 58.7. The molecule has 5 N–H and O–H groups in total. The highest BCUT2D eigenvalue weighted by atomic mass is 28.4. The maximum atomic E-state index is 16.7. The molecule has 12 nitrogen and oxygen atoms in total. The smallest absolute Gasteiger partial charge is 0.264 e. The third kappa shape index (κ3) is 7.42. The molecule has 7 atom stereocenters. The van der Waals surface area contributed by atoms with Gasteiger partial charge in [0.1, 0.15) is 0 Å². The molecule has 0 unspecified atom stereocenters. The third-order valence-electron chi connectivity index (χ3n) is 12.8. The van der Waals surface area contributed by atoms with E-state index >= 15 is 8.90 Å². The number of aliphatic hydroxyl groups is 1. The fourth-order valence-electron chi connectivity index (χ4n) is 9.97. The molecule has 3 fully saturated rings. The van der Waals surface area contributed by atoms with Gasteiger partial charge in [-0.2, -0.15) is 0 Å². The summed E-state index contributed by atoms with van der Waals surface area (Å²) in [6, 6.07) is 19.6. The zero-order valence-electron chi connectivity index (χ0n) is 32.9. The SMILES string of the molecule is C[C@H]1[C@H]([Si](C)(C)F)[C@@H](CC(=O)N2Cc3ccccc3C[C@H]2CO)O[C@]12C(=O)N(Cc1ccc(NC(=O)[C@H]3CCCN3)cc1)c1ccc(NC(=O)[C@H]3CCCN3)cc12. The van der Waals surface area contributed by atoms with Gasteiger partial charge >= 0.3 is 0 Å². The molecule has 57 heavy (non-hydrogen) atoms. The largest absolute Gasteiger partial charge is 0.394 e. The van der Waals surface area contributed by atoms with Crippen LogP contribution in [0.5, 0.6) is 0 Å². The topological polar surface area (TPSA) is 152 Å². The van der Waals surface area contributed by atoms with Crippen LogP contribution in [-0.2, 0) is 49.0 Å². The van der Waals surface area contributed by atoms with E-state index in [1.807, 2.05) is 61.5 Å². The van der Waals surface area contributed by atoms with Crippen LogP contribution in [0.3, 0.4) is 0 Å². The van der Waals surface area contributed by atoms with Crippen LogP contribution in [0, 0.1) is 5.92 Å². The summed E-state index contributed by atoms with van der Waals surface area (Å²) in [6.07, 6.45) is 2.82. The first-order chi connectivity index (χ1) is 27.4. The standard InChI is InChI=1S/C43H53FN6O6Si/c1-26-39(57(2,3)44)37(22-38(52)49-24-29-9-5-4-8-28(29)20-32(49)25-51)56-43(26)33-21-31(48-41(54)35-11-7-19-46-35)16-17-36(33)50(42(43)55)23-27-12-14-30(15-13-27)47-40(53)34-10-6-18-45-34/h4-5,8-9,12-17,21,26,32,34-35,37,39,45-46,51H,6-7,10-11,18-20,22-25H2,1-3H3,(H,47,53)(H,48,54)/t26-,32-,34+,35+,37+,39-,43+/m0/s1. The van der Waals surface area contributed by atoms with E-state index in [1.165, 1.54) is 0 Å². The van der Waals surface area contributed by atoms with Crippen molar-refractivity contribution in [3.05, 3.63) is 89.0 Å². The molecule has 0 aliphatic carbocycles. The normalized spacial score (nSPS) is 28.1. The number of amides is 4. The zero-order valence-corrected chi connectivity index (χ0v) is 33.9. The zero-order chi connectivity index (χ0) is 40.1. The van der Waals surface area contributed by atoms with Crippen LogP contribution in [0.15, 0.2) is 66.7 Å². The highest BCUT2D eigenvalue weighted by Crippen LogP contribution is 2.60. The van der Waals surface area contributed by atoms with Gasteiger partial charge in [-0.3, -0.25) is 19.2 Å². The number of benzene rings is 3. The van der Waals surface area contributed by atoms with Gasteiger partial charge in [0.2, 0.25) is 26.1 Å². The predicted octanol–water partition coefficient (Wildman–Crippen LogP) is 4.73. The summed E-state index contributed by atoms with van der Waals surface area (Å²) in [5.74, 6) is -1.51. The Morgan fingerprint density at radius 1 is 0.930 bits per heavy atom. The Hall–Kier alpha value is -4.47. The Balaban J connectivity index is 1.11. The average molecular weight is 797 g/mol. The molecule has 302 valence electrons. The van der Waals surface area contributed by atoms with Crippen molar-refractivity contribution in [3.63, 3.8) is 0 Å². The number of halogens is 1. The molecule has 3 saturated heterocycles. The fraction of sp³-hybridized carbons (Fsp3) is 0.488. The second-order valence-corrected chi connectivity index (χ2v) is 20.7. The highest BCUT2D eigenvalue weighted by Gasteiger charge is 2.67. The first-order valence-electron chi connectivity index (χ1n) is 20.3. The first-order valence-corrected chi connectivity index (χ1v) is 23.3. The van der Waals surface area contributed by atoms with Gasteiger partial charge in [0.25, 0.3) is 5.91 Å². The quantitative estimate of drug-likeness (QED) is 0.146. The summed E-state index contributed by atoms with van der Waals surface area (Å²) in [5, 5.41) is 22.8. The van der Waals surface area contributed by atoms with Gasteiger partial charge in [-0.05, 0) is 105 Å². The van der Waals surface area contributed by atoms with Gasteiger partial charge < -0.3 is 45.0 Å². The maximum absolute atomic E-state index is 16.7. The highest BCUT2D eigenvalue weighted by molar-refractivity contribution is 6.72. The average Bonchev–Trinajstić information content (AvgIpc) is 4.01. The molecule has 0 bridgehead atoms. The molecule has 5 aliphatic heterocycles. The van der Waals surface area contributed by atoms with Crippen LogP contribution < -0.4 is 26.2 Å². The van der Waals surface area contributed by atoms with E-state index < -0.39 is 37.6 Å². The lowest BCUT2D eigenvalue weighted by atomic mass is 9.82. The van der Waals surface area contributed by atoms with Crippen LogP contribution >= 0.6 is 0 Å². The van der Waals surface area contributed by atoms with Crippen LogP contribution in [0.25, 0.3) is 0 Å². The van der Waals surface area contributed by atoms with Gasteiger partial charge in [0.05, 0.1) is 49.5 Å². The Bertz CT molecular complexity index is 2030. The molecule has 0 radical (unpaired) electrons. The van der Waals surface area contributed by atoms with E-state index in [0.29, 0.717) is 35.6 Å². The van der Waals surface area contributed by atoms with Gasteiger partial charge in [-0.15, -0.1) is 0 Å². The second kappa shape index (κ2) is 15.7. The molecule has 4 amide bonds. The van der Waals surface area contributed by atoms with Crippen molar-refractivity contribution in [2.45, 2.75) is 107 Å². The molecular weight excluding hydrogens is 744 g/mol. The van der Waals surface area contributed by atoms with E-state index in [-0.39, 0.29) is 55.3 Å². The number of nitrogens with one attached hydrogen (secondary N) is 4. The van der Waals surface area contributed by atoms with E-state index in [0.717, 1.165) is 55.5 Å². The van der Waals surface area contributed by atoms with Crippen LogP contribution in [0.1, 0.15) is 61.3 Å². The van der Waals surface area contributed by atoms with Crippen molar-refractivity contribution >= 4 is 49.1 Å². The molecular formula is C43H53FN6O6Si. The summed E-state index contributed by atoms with van der Waals surface area (Å²) >= 11 is 0. The number of carbonyl (C=O) groups excluding carboxylic acids is 4. The van der Waals surface area contributed by atoms with Crippen LogP contribution in [0.2, 0.25) is 18.6 Å². The summed E-state index contributed by atoms with van der Waals surface area (Å²) in [5.41, 5.74) is 2.82. The van der Waals surface area contributed by atoms with Crippen molar-refractivity contribution in [1.82, 2.24) is 15.5 Å². The number of hydrogen-bond donors (Lipinski definition) is 5. The lowest BCUT2D eigenvalue weighted by Crippen LogP contribution is -2.48. The lowest BCUT2D eigenvalue weighted by molar-refractivity contribution is -0.151. The van der Waals surface area contributed by atoms with Crippen molar-refractivity contribution in [1.29, 1.82) is 0 Å². The molecule has 3 aromatic rings. The monoisotopic (exact) mass is 796 g/mol. The summed E-state index contributed by atoms with van der Waals surface area (Å²) in [7, 11) is -3.61. The molecule has 3 aromatic carbocycles. The minimum atomic E-state index is -3.61. The Kier molecular flexibility index (Phi) is 10.8. The van der Waals surface area contributed by atoms with E-state index in [1.54, 1.807) is 35.0 Å². The minimum Gasteiger partial charge on any atom is -0.394 e. The molecule has 0 aromatic heterocycles. The van der Waals surface area contributed by atoms with Crippen molar-refractivity contribution in [3.8, 4) is 0 Å². The van der Waals surface area contributed by atoms with Crippen LogP contribution in [-0.4, -0.2) is 86.0 Å². The third-order valence-corrected chi connectivity index (χ3v) is 15.3. The van der Waals surface area contributed by atoms with Crippen molar-refractivity contribution in [2.24, 2.45) is 5.92 Å². The maximum Gasteiger partial charge on any atom is 0.264 e. The predicted molar refractivity (Wildman–Crippen MR) is 218 cm³/mol. The molecule has 14 heteroatoms. The number of nitrogens with zero attached hydrogens (tertiary/aromatic N) is 2. The van der Waals surface area contributed by atoms with Gasteiger partial charge in [0, 0.05) is 34.9 Å².